The highest BCUT2D eigenvalue weighted by Gasteiger charge is 2.21. The van der Waals surface area contributed by atoms with Gasteiger partial charge in [0.25, 0.3) is 0 Å². The Kier molecular flexibility index (Phi) is 3.77. The maximum atomic E-state index is 10.6. The average Bonchev–Trinajstić information content (AvgIpc) is 2.53. The highest BCUT2D eigenvalue weighted by atomic mass is 31.2. The first-order chi connectivity index (χ1) is 6.51. The van der Waals surface area contributed by atoms with Gasteiger partial charge in [0.05, 0.1) is 12.6 Å². The van der Waals surface area contributed by atoms with E-state index in [2.05, 4.69) is 14.6 Å². The van der Waals surface area contributed by atoms with Gasteiger partial charge in [0, 0.05) is 0 Å². The molecule has 0 saturated heterocycles. The van der Waals surface area contributed by atoms with Gasteiger partial charge in [-0.1, -0.05) is 6.92 Å². The molecule has 0 aliphatic carbocycles. The number of nitrogens with zero attached hydrogens (tertiary/aromatic N) is 3. The zero-order chi connectivity index (χ0) is 10.6. The van der Waals surface area contributed by atoms with Gasteiger partial charge in [-0.05, 0) is 6.42 Å². The van der Waals surface area contributed by atoms with E-state index < -0.39 is 13.9 Å². The molecule has 0 saturated carbocycles. The summed E-state index contributed by atoms with van der Waals surface area (Å²) in [4.78, 5) is 20.9. The fourth-order valence-corrected chi connectivity index (χ4v) is 1.57. The molecule has 0 radical (unpaired) electrons. The fourth-order valence-electron chi connectivity index (χ4n) is 0.967. The van der Waals surface area contributed by atoms with Crippen LogP contribution in [0.15, 0.2) is 12.7 Å². The number of phosphoric ester groups is 1. The average molecular weight is 221 g/mol. The highest BCUT2D eigenvalue weighted by molar-refractivity contribution is 7.46. The van der Waals surface area contributed by atoms with Crippen LogP contribution in [0.1, 0.15) is 13.3 Å². The van der Waals surface area contributed by atoms with Gasteiger partial charge in [-0.2, -0.15) is 5.10 Å². The van der Waals surface area contributed by atoms with Crippen LogP contribution in [0.4, 0.5) is 0 Å². The van der Waals surface area contributed by atoms with Gasteiger partial charge in [0.15, 0.2) is 0 Å². The van der Waals surface area contributed by atoms with Crippen LogP contribution in [0.5, 0.6) is 0 Å². The first-order valence-electron chi connectivity index (χ1n) is 4.07. The SMILES string of the molecule is CCC(Cn1cncn1)OP(=O)(O)O. The number of phosphoric acid groups is 1. The van der Waals surface area contributed by atoms with E-state index in [1.54, 1.807) is 6.92 Å². The first kappa shape index (κ1) is 11.3. The lowest BCUT2D eigenvalue weighted by Crippen LogP contribution is -2.18. The van der Waals surface area contributed by atoms with E-state index in [-0.39, 0.29) is 6.54 Å². The molecule has 1 aromatic heterocycles. The molecule has 0 spiro atoms. The predicted molar refractivity (Wildman–Crippen MR) is 47.2 cm³/mol. The van der Waals surface area contributed by atoms with E-state index >= 15 is 0 Å². The van der Waals surface area contributed by atoms with E-state index in [0.717, 1.165) is 0 Å². The molecule has 8 heteroatoms. The Balaban J connectivity index is 2.52. The van der Waals surface area contributed by atoms with Gasteiger partial charge in [-0.25, -0.2) is 9.55 Å². The van der Waals surface area contributed by atoms with Crippen LogP contribution in [0.25, 0.3) is 0 Å². The summed E-state index contributed by atoms with van der Waals surface area (Å²) in [6.07, 6.45) is 2.75. The lowest BCUT2D eigenvalue weighted by atomic mass is 10.3. The Labute approximate surface area is 81.0 Å². The summed E-state index contributed by atoms with van der Waals surface area (Å²) >= 11 is 0. The zero-order valence-electron chi connectivity index (χ0n) is 7.65. The Hall–Kier alpha value is -0.750. The maximum absolute atomic E-state index is 10.6. The van der Waals surface area contributed by atoms with Crippen LogP contribution in [-0.4, -0.2) is 30.7 Å². The zero-order valence-corrected chi connectivity index (χ0v) is 8.54. The van der Waals surface area contributed by atoms with Crippen molar-refractivity contribution >= 4 is 7.82 Å². The Morgan fingerprint density at radius 3 is 2.79 bits per heavy atom. The summed E-state index contributed by atoms with van der Waals surface area (Å²) < 4.78 is 16.6. The number of rotatable bonds is 5. The van der Waals surface area contributed by atoms with Crippen molar-refractivity contribution in [2.24, 2.45) is 0 Å². The third kappa shape index (κ3) is 3.97. The number of hydrogen-bond donors (Lipinski definition) is 2. The van der Waals surface area contributed by atoms with Crippen LogP contribution in [0.3, 0.4) is 0 Å². The van der Waals surface area contributed by atoms with Crippen molar-refractivity contribution in [1.82, 2.24) is 14.8 Å². The fraction of sp³-hybridized carbons (Fsp3) is 0.667. The molecule has 1 atom stereocenters. The molecule has 14 heavy (non-hydrogen) atoms. The number of hydrogen-bond acceptors (Lipinski definition) is 4. The van der Waals surface area contributed by atoms with Crippen LogP contribution < -0.4 is 0 Å². The second kappa shape index (κ2) is 4.65. The normalized spacial score (nSPS) is 14.2. The predicted octanol–water partition coefficient (Wildman–Crippen LogP) is 0.166. The minimum atomic E-state index is -4.42. The summed E-state index contributed by atoms with van der Waals surface area (Å²) in [5.74, 6) is 0. The summed E-state index contributed by atoms with van der Waals surface area (Å²) in [5, 5.41) is 3.81. The van der Waals surface area contributed by atoms with E-state index in [0.29, 0.717) is 6.42 Å². The van der Waals surface area contributed by atoms with Crippen molar-refractivity contribution < 1.29 is 18.9 Å². The van der Waals surface area contributed by atoms with Gasteiger partial charge in [-0.15, -0.1) is 0 Å². The van der Waals surface area contributed by atoms with Crippen molar-refractivity contribution in [3.8, 4) is 0 Å². The molecule has 0 fully saturated rings. The molecule has 0 bridgehead atoms. The van der Waals surface area contributed by atoms with Gasteiger partial charge in [0.2, 0.25) is 0 Å². The molecule has 2 N–H and O–H groups in total. The third-order valence-corrected chi connectivity index (χ3v) is 2.17. The molecular weight excluding hydrogens is 209 g/mol. The Morgan fingerprint density at radius 2 is 2.36 bits per heavy atom. The second-order valence-corrected chi connectivity index (χ2v) is 3.94. The number of aromatic nitrogens is 3. The molecule has 1 unspecified atom stereocenters. The Morgan fingerprint density at radius 1 is 1.64 bits per heavy atom. The minimum absolute atomic E-state index is 0.279. The van der Waals surface area contributed by atoms with Crippen molar-refractivity contribution in [2.75, 3.05) is 0 Å². The first-order valence-corrected chi connectivity index (χ1v) is 5.60. The standard InChI is InChI=1S/C6H12N3O4P/c1-2-6(13-14(10,11)12)3-9-5-7-4-8-9/h4-6H,2-3H2,1H3,(H2,10,11,12). The quantitative estimate of drug-likeness (QED) is 0.687. The lowest BCUT2D eigenvalue weighted by Gasteiger charge is -2.15. The van der Waals surface area contributed by atoms with Crippen molar-refractivity contribution in [1.29, 1.82) is 0 Å². The van der Waals surface area contributed by atoms with Crippen LogP contribution in [0.2, 0.25) is 0 Å². The highest BCUT2D eigenvalue weighted by Crippen LogP contribution is 2.38. The van der Waals surface area contributed by atoms with E-state index in [1.165, 1.54) is 17.3 Å². The Bertz CT molecular complexity index is 309. The topological polar surface area (TPSA) is 97.5 Å². The lowest BCUT2D eigenvalue weighted by molar-refractivity contribution is 0.114. The summed E-state index contributed by atoms with van der Waals surface area (Å²) in [7, 11) is -4.42. The van der Waals surface area contributed by atoms with Crippen molar-refractivity contribution in [3.63, 3.8) is 0 Å². The molecule has 0 amide bonds. The van der Waals surface area contributed by atoms with Gasteiger partial charge in [-0.3, -0.25) is 9.21 Å². The molecule has 0 aliphatic rings. The summed E-state index contributed by atoms with van der Waals surface area (Å²) in [5.41, 5.74) is 0. The monoisotopic (exact) mass is 221 g/mol. The van der Waals surface area contributed by atoms with Crippen LogP contribution in [0, 0.1) is 0 Å². The third-order valence-electron chi connectivity index (χ3n) is 1.60. The molecular formula is C6H12N3O4P. The second-order valence-electron chi connectivity index (χ2n) is 2.74. The van der Waals surface area contributed by atoms with Crippen LogP contribution >= 0.6 is 7.82 Å². The van der Waals surface area contributed by atoms with Gasteiger partial charge >= 0.3 is 7.82 Å². The molecule has 7 nitrogen and oxygen atoms in total. The smallest absolute Gasteiger partial charge is 0.303 e. The van der Waals surface area contributed by atoms with Crippen molar-refractivity contribution in [2.45, 2.75) is 26.0 Å². The molecule has 1 aromatic rings. The molecule has 1 heterocycles. The molecule has 1 rings (SSSR count). The largest absolute Gasteiger partial charge is 0.469 e. The summed E-state index contributed by atoms with van der Waals surface area (Å²) in [6, 6.07) is 0. The van der Waals surface area contributed by atoms with Gasteiger partial charge in [0.1, 0.15) is 12.7 Å². The van der Waals surface area contributed by atoms with Gasteiger partial charge < -0.3 is 9.79 Å². The minimum Gasteiger partial charge on any atom is -0.303 e. The molecule has 0 aliphatic heterocycles. The molecule has 0 aromatic carbocycles. The van der Waals surface area contributed by atoms with E-state index in [1.807, 2.05) is 0 Å². The van der Waals surface area contributed by atoms with E-state index in [4.69, 9.17) is 9.79 Å². The van der Waals surface area contributed by atoms with Crippen LogP contribution in [-0.2, 0) is 15.6 Å². The van der Waals surface area contributed by atoms with Crippen molar-refractivity contribution in [3.05, 3.63) is 12.7 Å². The molecule has 80 valence electrons. The maximum Gasteiger partial charge on any atom is 0.469 e. The van der Waals surface area contributed by atoms with E-state index in [9.17, 15) is 4.57 Å². The summed E-state index contributed by atoms with van der Waals surface area (Å²) in [6.45, 7) is 2.05.